The number of anilines is 2. The molecule has 0 radical (unpaired) electrons. The van der Waals surface area contributed by atoms with Crippen LogP contribution in [-0.2, 0) is 5.44 Å². The van der Waals surface area contributed by atoms with E-state index in [1.807, 2.05) is 49.1 Å². The molecule has 0 saturated heterocycles. The lowest BCUT2D eigenvalue weighted by Crippen LogP contribution is -2.38. The molecule has 0 amide bonds. The summed E-state index contributed by atoms with van der Waals surface area (Å²) in [5.41, 5.74) is 3.81. The molecule has 1 fully saturated rings. The quantitative estimate of drug-likeness (QED) is 0.329. The van der Waals surface area contributed by atoms with Gasteiger partial charge in [0.2, 0.25) is 0 Å². The Bertz CT molecular complexity index is 1610. The highest BCUT2D eigenvalue weighted by Gasteiger charge is 2.34. The molecule has 1 aliphatic rings. The number of hydrogen-bond donors (Lipinski definition) is 2. The Morgan fingerprint density at radius 2 is 1.95 bits per heavy atom. The van der Waals surface area contributed by atoms with Gasteiger partial charge in [-0.25, -0.2) is 4.68 Å². The monoisotopic (exact) mass is 522 g/mol. The van der Waals surface area contributed by atoms with E-state index >= 15 is 0 Å². The van der Waals surface area contributed by atoms with E-state index in [1.54, 1.807) is 12.3 Å². The minimum atomic E-state index is -0.823. The molecule has 0 bridgehead atoms. The maximum absolute atomic E-state index is 9.81. The zero-order valence-electron chi connectivity index (χ0n) is 21.9. The zero-order valence-corrected chi connectivity index (χ0v) is 22.6. The molecular formula is C28H28BClN8. The largest absolute Gasteiger partial charge is 0.383 e. The summed E-state index contributed by atoms with van der Waals surface area (Å²) in [5, 5.41) is 36.6. The summed E-state index contributed by atoms with van der Waals surface area (Å²) in [6.45, 7) is 7.06. The summed E-state index contributed by atoms with van der Waals surface area (Å²) in [5.74, 6) is 0. The van der Waals surface area contributed by atoms with E-state index in [0.717, 1.165) is 35.2 Å². The van der Waals surface area contributed by atoms with Gasteiger partial charge in [0.25, 0.3) is 0 Å². The molecule has 5 rings (SSSR count). The van der Waals surface area contributed by atoms with Gasteiger partial charge in [-0.15, -0.1) is 5.10 Å². The number of benzene rings is 2. The highest BCUT2D eigenvalue weighted by Crippen LogP contribution is 2.38. The van der Waals surface area contributed by atoms with Gasteiger partial charge in [0.1, 0.15) is 19.6 Å². The van der Waals surface area contributed by atoms with Gasteiger partial charge < -0.3 is 10.6 Å². The molecule has 190 valence electrons. The van der Waals surface area contributed by atoms with Crippen molar-refractivity contribution in [1.82, 2.24) is 20.0 Å². The highest BCUT2D eigenvalue weighted by atomic mass is 35.5. The average Bonchev–Trinajstić information content (AvgIpc) is 3.62. The van der Waals surface area contributed by atoms with Crippen molar-refractivity contribution in [3.05, 3.63) is 76.2 Å². The van der Waals surface area contributed by atoms with Crippen molar-refractivity contribution in [2.75, 3.05) is 17.2 Å². The number of nitrogens with one attached hydrogen (secondary N) is 2. The first-order chi connectivity index (χ1) is 18.1. The molecule has 10 heteroatoms. The molecule has 1 aliphatic carbocycles. The lowest BCUT2D eigenvalue weighted by atomic mass is 9.69. The van der Waals surface area contributed by atoms with E-state index < -0.39 is 5.44 Å². The van der Waals surface area contributed by atoms with Crippen molar-refractivity contribution in [3.63, 3.8) is 0 Å². The number of pyridine rings is 1. The fraction of sp³-hybridized carbons (Fsp3) is 0.321. The normalized spacial score (nSPS) is 14.9. The Hall–Kier alpha value is -4.08. The summed E-state index contributed by atoms with van der Waals surface area (Å²) in [6.07, 6.45) is 5.71. The number of aromatic nitrogens is 4. The molecule has 1 saturated carbocycles. The molecule has 2 N–H and O–H groups in total. The van der Waals surface area contributed by atoms with E-state index in [2.05, 4.69) is 58.8 Å². The van der Waals surface area contributed by atoms with Gasteiger partial charge in [0.05, 0.1) is 51.1 Å². The van der Waals surface area contributed by atoms with E-state index in [4.69, 9.17) is 11.6 Å². The van der Waals surface area contributed by atoms with Crippen molar-refractivity contribution in [3.8, 4) is 12.1 Å². The maximum atomic E-state index is 9.81. The summed E-state index contributed by atoms with van der Waals surface area (Å²) >= 11 is 6.75. The van der Waals surface area contributed by atoms with Crippen LogP contribution in [0, 0.1) is 28.1 Å². The molecule has 4 aromatic rings. The Kier molecular flexibility index (Phi) is 6.50. The molecule has 0 spiro atoms. The smallest absolute Gasteiger partial charge is 0.148 e. The molecule has 2 heterocycles. The molecule has 0 aliphatic heterocycles. The van der Waals surface area contributed by atoms with Crippen molar-refractivity contribution < 1.29 is 0 Å². The van der Waals surface area contributed by atoms with Crippen LogP contribution in [0.5, 0.6) is 0 Å². The van der Waals surface area contributed by atoms with Gasteiger partial charge >= 0.3 is 0 Å². The standard InChI is InChI=1S/C28H28BClN8/c1-27(2,3)16-34-25-18(13-32)14-33-26-22(25)10-20(11-23(26)30)35-28(29,19-6-4-5-17(9-19)12-31)24-15-38(37-36-24)21-7-8-21/h4-6,9-11,14-15,21,35H,7-8,16,29H2,1-3H3,(H,33,34). The lowest BCUT2D eigenvalue weighted by Gasteiger charge is -2.31. The van der Waals surface area contributed by atoms with Gasteiger partial charge in [-0.3, -0.25) is 4.98 Å². The lowest BCUT2D eigenvalue weighted by molar-refractivity contribution is 0.443. The maximum Gasteiger partial charge on any atom is 0.148 e. The molecular weight excluding hydrogens is 495 g/mol. The zero-order chi connectivity index (χ0) is 27.1. The second kappa shape index (κ2) is 9.66. The topological polar surface area (TPSA) is 115 Å². The fourth-order valence-corrected chi connectivity index (χ4v) is 4.72. The van der Waals surface area contributed by atoms with Crippen molar-refractivity contribution in [2.24, 2.45) is 5.41 Å². The third-order valence-electron chi connectivity index (χ3n) is 6.75. The van der Waals surface area contributed by atoms with Crippen LogP contribution in [-0.4, -0.2) is 34.4 Å². The molecule has 38 heavy (non-hydrogen) atoms. The highest BCUT2D eigenvalue weighted by molar-refractivity contribution is 6.36. The number of nitriles is 2. The Balaban J connectivity index is 1.64. The number of hydrogen-bond acceptors (Lipinski definition) is 7. The van der Waals surface area contributed by atoms with Crippen LogP contribution in [0.2, 0.25) is 5.02 Å². The van der Waals surface area contributed by atoms with Crippen LogP contribution in [0.3, 0.4) is 0 Å². The van der Waals surface area contributed by atoms with Crippen LogP contribution in [0.4, 0.5) is 11.4 Å². The molecule has 2 aromatic carbocycles. The van der Waals surface area contributed by atoms with Gasteiger partial charge in [0.15, 0.2) is 0 Å². The van der Waals surface area contributed by atoms with E-state index in [1.165, 1.54) is 0 Å². The van der Waals surface area contributed by atoms with Gasteiger partial charge in [-0.1, -0.05) is 49.7 Å². The van der Waals surface area contributed by atoms with Crippen LogP contribution in [0.1, 0.15) is 62.0 Å². The van der Waals surface area contributed by atoms with E-state index in [0.29, 0.717) is 39.9 Å². The van der Waals surface area contributed by atoms with Gasteiger partial charge in [-0.05, 0) is 48.1 Å². The van der Waals surface area contributed by atoms with Crippen molar-refractivity contribution >= 4 is 41.7 Å². The van der Waals surface area contributed by atoms with Crippen molar-refractivity contribution in [1.29, 1.82) is 10.5 Å². The Morgan fingerprint density at radius 1 is 1.16 bits per heavy atom. The first-order valence-corrected chi connectivity index (χ1v) is 13.0. The minimum absolute atomic E-state index is 0.000309. The summed E-state index contributed by atoms with van der Waals surface area (Å²) in [7, 11) is 2.02. The number of fused-ring (bicyclic) bond motifs is 1. The van der Waals surface area contributed by atoms with Crippen LogP contribution < -0.4 is 10.6 Å². The van der Waals surface area contributed by atoms with Crippen molar-refractivity contribution in [2.45, 2.75) is 45.1 Å². The Morgan fingerprint density at radius 3 is 2.63 bits per heavy atom. The number of nitrogens with zero attached hydrogens (tertiary/aromatic N) is 6. The summed E-state index contributed by atoms with van der Waals surface area (Å²) in [4.78, 5) is 4.48. The SMILES string of the molecule is BC(Nc1cc(Cl)c2ncc(C#N)c(NCC(C)(C)C)c2c1)(c1cccc(C#N)c1)c1cn(C2CC2)nn1. The molecule has 1 atom stereocenters. The predicted octanol–water partition coefficient (Wildman–Crippen LogP) is 4.96. The van der Waals surface area contributed by atoms with Crippen LogP contribution in [0.25, 0.3) is 10.9 Å². The third kappa shape index (κ3) is 5.03. The van der Waals surface area contributed by atoms with Gasteiger partial charge in [0, 0.05) is 23.8 Å². The Labute approximate surface area is 228 Å². The molecule has 1 unspecified atom stereocenters. The summed E-state index contributed by atoms with van der Waals surface area (Å²) < 4.78 is 1.91. The van der Waals surface area contributed by atoms with E-state index in [-0.39, 0.29) is 5.41 Å². The second-order valence-electron chi connectivity index (χ2n) is 11.2. The van der Waals surface area contributed by atoms with Gasteiger partial charge in [-0.2, -0.15) is 10.5 Å². The first kappa shape index (κ1) is 25.6. The van der Waals surface area contributed by atoms with Crippen LogP contribution in [0.15, 0.2) is 48.8 Å². The van der Waals surface area contributed by atoms with Crippen LogP contribution >= 0.6 is 11.6 Å². The van der Waals surface area contributed by atoms with E-state index in [9.17, 15) is 10.5 Å². The predicted molar refractivity (Wildman–Crippen MR) is 152 cm³/mol. The number of halogens is 1. The summed E-state index contributed by atoms with van der Waals surface area (Å²) in [6, 6.07) is 16.1. The second-order valence-corrected chi connectivity index (χ2v) is 11.6. The molecule has 2 aromatic heterocycles. The molecule has 8 nitrogen and oxygen atoms in total. The first-order valence-electron chi connectivity index (χ1n) is 12.6. The number of rotatable bonds is 7. The fourth-order valence-electron chi connectivity index (χ4n) is 4.46. The minimum Gasteiger partial charge on any atom is -0.383 e. The average molecular weight is 523 g/mol. The third-order valence-corrected chi connectivity index (χ3v) is 7.04.